The first kappa shape index (κ1) is 19.0. The predicted octanol–water partition coefficient (Wildman–Crippen LogP) is 5.49. The summed E-state index contributed by atoms with van der Waals surface area (Å²) in [5.41, 5.74) is 0.418. The van der Waals surface area contributed by atoms with Crippen LogP contribution in [-0.4, -0.2) is 21.6 Å². The van der Waals surface area contributed by atoms with Crippen molar-refractivity contribution in [1.29, 1.82) is 0 Å². The third kappa shape index (κ3) is 3.35. The fraction of sp³-hybridized carbons (Fsp3) is 0.143. The summed E-state index contributed by atoms with van der Waals surface area (Å²) in [4.78, 5) is 16.8. The lowest BCUT2D eigenvalue weighted by molar-refractivity contribution is -0.0937. The number of hydrogen-bond donors (Lipinski definition) is 0. The third-order valence-corrected chi connectivity index (χ3v) is 4.69. The monoisotopic (exact) mass is 404 g/mol. The van der Waals surface area contributed by atoms with Gasteiger partial charge in [0.05, 0.1) is 11.4 Å². The highest BCUT2D eigenvalue weighted by molar-refractivity contribution is 5.98. The van der Waals surface area contributed by atoms with E-state index in [0.29, 0.717) is 17.7 Å². The molecular weight excluding hydrogens is 391 g/mol. The van der Waals surface area contributed by atoms with Gasteiger partial charge in [0.25, 0.3) is 5.91 Å². The Kier molecular flexibility index (Phi) is 4.37. The second-order valence-electron chi connectivity index (χ2n) is 6.73. The molecule has 2 heterocycles. The first-order valence-corrected chi connectivity index (χ1v) is 8.61. The lowest BCUT2D eigenvalue weighted by Crippen LogP contribution is -2.25. The minimum Gasteiger partial charge on any atom is -0.269 e. The largest absolute Gasteiger partial charge is 0.413 e. The Morgan fingerprint density at radius 1 is 1.03 bits per heavy atom. The summed E-state index contributed by atoms with van der Waals surface area (Å²) in [5.74, 6) is -2.89. The molecule has 8 heteroatoms. The zero-order valence-corrected chi connectivity index (χ0v) is 15.0. The molecule has 0 radical (unpaired) electrons. The number of fused-ring (bicyclic) bond motifs is 1. The summed E-state index contributed by atoms with van der Waals surface area (Å²) in [7, 11) is 0. The summed E-state index contributed by atoms with van der Waals surface area (Å²) < 4.78 is 68.4. The quantitative estimate of drug-likeness (QED) is 0.530. The Morgan fingerprint density at radius 2 is 1.72 bits per heavy atom. The number of carbonyl (C=O) groups is 1. The van der Waals surface area contributed by atoms with E-state index in [9.17, 15) is 26.7 Å². The van der Waals surface area contributed by atoms with Crippen LogP contribution in [0.15, 0.2) is 54.1 Å². The molecule has 29 heavy (non-hydrogen) atoms. The van der Waals surface area contributed by atoms with Crippen molar-refractivity contribution in [3.8, 4) is 22.5 Å². The van der Waals surface area contributed by atoms with Crippen molar-refractivity contribution >= 4 is 5.91 Å². The third-order valence-electron chi connectivity index (χ3n) is 4.69. The number of rotatable bonds is 2. The van der Waals surface area contributed by atoms with E-state index < -0.39 is 35.7 Å². The number of benzene rings is 2. The van der Waals surface area contributed by atoms with Crippen LogP contribution in [0.1, 0.15) is 16.2 Å². The Balaban J connectivity index is 1.98. The van der Waals surface area contributed by atoms with Crippen LogP contribution in [0.25, 0.3) is 22.5 Å². The maximum Gasteiger partial charge on any atom is 0.413 e. The van der Waals surface area contributed by atoms with Gasteiger partial charge in [-0.2, -0.15) is 13.2 Å². The van der Waals surface area contributed by atoms with E-state index in [1.807, 2.05) is 6.92 Å². The van der Waals surface area contributed by atoms with E-state index in [2.05, 4.69) is 4.98 Å². The van der Waals surface area contributed by atoms with E-state index in [4.69, 9.17) is 0 Å². The lowest BCUT2D eigenvalue weighted by atomic mass is 10.0. The molecule has 0 fully saturated rings. The SMILES string of the molecule is Cc1ccc(-c2nc3n(c2-c2ccc(F)cc2F)C(=O)C=C(C(F)(F)F)C3)cc1. The van der Waals surface area contributed by atoms with Gasteiger partial charge in [0, 0.05) is 35.3 Å². The smallest absolute Gasteiger partial charge is 0.269 e. The van der Waals surface area contributed by atoms with Crippen molar-refractivity contribution in [3.05, 3.63) is 77.1 Å². The molecule has 0 unspecified atom stereocenters. The van der Waals surface area contributed by atoms with Crippen LogP contribution >= 0.6 is 0 Å². The molecule has 0 saturated heterocycles. The number of hydrogen-bond acceptors (Lipinski definition) is 2. The van der Waals surface area contributed by atoms with Crippen molar-refractivity contribution in [2.75, 3.05) is 0 Å². The molecule has 1 aromatic heterocycles. The zero-order valence-electron chi connectivity index (χ0n) is 15.0. The summed E-state index contributed by atoms with van der Waals surface area (Å²) >= 11 is 0. The fourth-order valence-corrected chi connectivity index (χ4v) is 3.28. The van der Waals surface area contributed by atoms with Crippen molar-refractivity contribution in [1.82, 2.24) is 9.55 Å². The molecule has 0 spiro atoms. The van der Waals surface area contributed by atoms with Crippen LogP contribution < -0.4 is 0 Å². The molecule has 0 amide bonds. The highest BCUT2D eigenvalue weighted by atomic mass is 19.4. The molecule has 0 saturated carbocycles. The summed E-state index contributed by atoms with van der Waals surface area (Å²) in [6.45, 7) is 1.85. The van der Waals surface area contributed by atoms with Gasteiger partial charge in [-0.25, -0.2) is 13.8 Å². The van der Waals surface area contributed by atoms with Gasteiger partial charge < -0.3 is 0 Å². The Hall–Kier alpha value is -3.29. The molecular formula is C21H13F5N2O. The normalized spacial score (nSPS) is 14.0. The van der Waals surface area contributed by atoms with Crippen LogP contribution in [0.3, 0.4) is 0 Å². The van der Waals surface area contributed by atoms with Crippen LogP contribution in [0.4, 0.5) is 22.0 Å². The van der Waals surface area contributed by atoms with Crippen molar-refractivity contribution in [2.45, 2.75) is 19.5 Å². The van der Waals surface area contributed by atoms with Crippen LogP contribution in [0, 0.1) is 18.6 Å². The molecule has 0 N–H and O–H groups in total. The summed E-state index contributed by atoms with van der Waals surface area (Å²) in [5, 5.41) is 0. The highest BCUT2D eigenvalue weighted by Gasteiger charge is 2.39. The Morgan fingerprint density at radius 3 is 2.34 bits per heavy atom. The molecule has 1 aliphatic rings. The fourth-order valence-electron chi connectivity index (χ4n) is 3.28. The van der Waals surface area contributed by atoms with Crippen molar-refractivity contribution in [3.63, 3.8) is 0 Å². The van der Waals surface area contributed by atoms with Gasteiger partial charge in [0.15, 0.2) is 0 Å². The standard InChI is InChI=1S/C21H13F5N2O/c1-11-2-4-12(5-3-11)19-20(15-7-6-14(22)10-16(15)23)28-17(27-19)8-13(9-18(28)29)21(24,25)26/h2-7,9-10H,8H2,1H3. The number of aryl methyl sites for hydroxylation is 1. The number of nitrogens with zero attached hydrogens (tertiary/aromatic N) is 2. The molecule has 0 atom stereocenters. The first-order chi connectivity index (χ1) is 13.6. The second-order valence-corrected chi connectivity index (χ2v) is 6.73. The van der Waals surface area contributed by atoms with Gasteiger partial charge in [-0.15, -0.1) is 0 Å². The number of aromatic nitrogens is 2. The first-order valence-electron chi connectivity index (χ1n) is 8.61. The molecule has 4 rings (SSSR count). The van der Waals surface area contributed by atoms with Crippen LogP contribution in [0.2, 0.25) is 0 Å². The van der Waals surface area contributed by atoms with E-state index in [1.54, 1.807) is 24.3 Å². The average Bonchev–Trinajstić information content (AvgIpc) is 3.01. The minimum absolute atomic E-state index is 0.0103. The van der Waals surface area contributed by atoms with Gasteiger partial charge in [0.1, 0.15) is 17.5 Å². The van der Waals surface area contributed by atoms with Crippen LogP contribution in [-0.2, 0) is 6.42 Å². The van der Waals surface area contributed by atoms with Gasteiger partial charge in [0.2, 0.25) is 0 Å². The number of allylic oxidation sites excluding steroid dienone is 2. The molecule has 3 nitrogen and oxygen atoms in total. The number of carbonyl (C=O) groups excluding carboxylic acids is 1. The lowest BCUT2D eigenvalue weighted by Gasteiger charge is -2.18. The van der Waals surface area contributed by atoms with Gasteiger partial charge in [-0.3, -0.25) is 9.36 Å². The maximum absolute atomic E-state index is 14.5. The topological polar surface area (TPSA) is 34.9 Å². The minimum atomic E-state index is -4.68. The second kappa shape index (κ2) is 6.65. The molecule has 148 valence electrons. The Bertz CT molecular complexity index is 1160. The van der Waals surface area contributed by atoms with Gasteiger partial charge in [-0.1, -0.05) is 29.8 Å². The maximum atomic E-state index is 14.5. The average molecular weight is 404 g/mol. The van der Waals surface area contributed by atoms with Crippen molar-refractivity contribution in [2.24, 2.45) is 0 Å². The Labute approximate surface area is 162 Å². The van der Waals surface area contributed by atoms with Crippen LogP contribution in [0.5, 0.6) is 0 Å². The number of alkyl halides is 3. The van der Waals surface area contributed by atoms with Gasteiger partial charge >= 0.3 is 6.18 Å². The van der Waals surface area contributed by atoms with E-state index >= 15 is 0 Å². The van der Waals surface area contributed by atoms with Gasteiger partial charge in [-0.05, 0) is 19.1 Å². The van der Waals surface area contributed by atoms with E-state index in [-0.39, 0.29) is 22.8 Å². The van der Waals surface area contributed by atoms with E-state index in [0.717, 1.165) is 22.3 Å². The molecule has 0 aliphatic carbocycles. The highest BCUT2D eigenvalue weighted by Crippen LogP contribution is 2.39. The van der Waals surface area contributed by atoms with E-state index in [1.165, 1.54) is 0 Å². The van der Waals surface area contributed by atoms with Crippen molar-refractivity contribution < 1.29 is 26.7 Å². The molecule has 2 aromatic carbocycles. The summed E-state index contributed by atoms with van der Waals surface area (Å²) in [6, 6.07) is 9.69. The predicted molar refractivity (Wildman–Crippen MR) is 96.2 cm³/mol. The molecule has 1 aliphatic heterocycles. The molecule has 3 aromatic rings. The zero-order chi connectivity index (χ0) is 20.9. The molecule has 0 bridgehead atoms. The number of halogens is 5. The number of imidazole rings is 1. The summed E-state index contributed by atoms with van der Waals surface area (Å²) in [6.07, 6.45) is -4.83.